The Kier molecular flexibility index (Phi) is 11.4. The normalized spacial score (nSPS) is 18.3. The Morgan fingerprint density at radius 3 is 2.50 bits per heavy atom. The molecule has 4 rings (SSSR count). The minimum atomic E-state index is -4.47. The average molecular weight is 643 g/mol. The molecule has 2 aromatic carbocycles. The zero-order valence-electron chi connectivity index (χ0n) is 22.0. The summed E-state index contributed by atoms with van der Waals surface area (Å²) in [4.78, 5) is 53.8. The molecule has 1 aromatic heterocycles. The molecule has 1 aliphatic rings. The molecule has 0 spiro atoms. The van der Waals surface area contributed by atoms with Gasteiger partial charge in [0, 0.05) is 6.20 Å². The van der Waals surface area contributed by atoms with E-state index in [1.54, 1.807) is 42.5 Å². The summed E-state index contributed by atoms with van der Waals surface area (Å²) in [6.45, 7) is 1.38. The van der Waals surface area contributed by atoms with Crippen LogP contribution in [-0.2, 0) is 38.7 Å². The first-order valence-electron chi connectivity index (χ1n) is 12.2. The maximum Gasteiger partial charge on any atom is 0.466 e. The second-order valence-corrected chi connectivity index (χ2v) is 12.5. The summed E-state index contributed by atoms with van der Waals surface area (Å²) < 4.78 is 40.5. The summed E-state index contributed by atoms with van der Waals surface area (Å²) in [7, 11) is -10.2. The summed E-state index contributed by atoms with van der Waals surface area (Å²) >= 11 is 0. The van der Waals surface area contributed by atoms with Gasteiger partial charge in [-0.1, -0.05) is 48.5 Å². The molecule has 0 amide bonds. The van der Waals surface area contributed by atoms with Crippen LogP contribution in [0, 0.1) is 0 Å². The second-order valence-electron chi connectivity index (χ2n) is 8.52. The molecule has 0 bridgehead atoms. The number of rotatable bonds is 15. The lowest BCUT2D eigenvalue weighted by molar-refractivity contribution is -0.146. The van der Waals surface area contributed by atoms with Crippen LogP contribution in [0.5, 0.6) is 5.75 Å². The van der Waals surface area contributed by atoms with Gasteiger partial charge < -0.3 is 29.3 Å². The molecule has 5 atom stereocenters. The van der Waals surface area contributed by atoms with Crippen molar-refractivity contribution in [3.63, 3.8) is 0 Å². The number of benzene rings is 2. The monoisotopic (exact) mass is 643 g/mol. The van der Waals surface area contributed by atoms with Crippen molar-refractivity contribution in [3.8, 4) is 5.75 Å². The molecular formula is C23H28N5O11P3. The molecule has 2 heterocycles. The van der Waals surface area contributed by atoms with Crippen LogP contribution in [0.1, 0.15) is 12.5 Å². The topological polar surface area (TPSA) is 206 Å². The minimum absolute atomic E-state index is 0.0194. The average Bonchev–Trinajstić information content (AvgIpc) is 2.92. The van der Waals surface area contributed by atoms with Crippen LogP contribution in [0.4, 0.5) is 5.82 Å². The molecule has 0 radical (unpaired) electrons. The van der Waals surface area contributed by atoms with Crippen molar-refractivity contribution in [2.24, 2.45) is 0 Å². The van der Waals surface area contributed by atoms with E-state index in [0.29, 0.717) is 0 Å². The Hall–Kier alpha value is -3.00. The number of nitrogens with zero attached hydrogens (tertiary/aromatic N) is 3. The van der Waals surface area contributed by atoms with Crippen molar-refractivity contribution < 1.29 is 46.4 Å². The number of hydroxylamine groups is 1. The number of aromatic nitrogens is 2. The van der Waals surface area contributed by atoms with E-state index < -0.39 is 48.8 Å². The quantitative estimate of drug-likeness (QED) is 0.139. The van der Waals surface area contributed by atoms with Gasteiger partial charge in [0.15, 0.2) is 0 Å². The van der Waals surface area contributed by atoms with Gasteiger partial charge >= 0.3 is 36.6 Å². The predicted octanol–water partition coefficient (Wildman–Crippen LogP) is 2.47. The largest absolute Gasteiger partial charge is 0.466 e. The number of esters is 1. The van der Waals surface area contributed by atoms with E-state index in [1.165, 1.54) is 36.5 Å². The maximum absolute atomic E-state index is 13.5. The second kappa shape index (κ2) is 14.9. The number of nitrogens with one attached hydrogen (secondary N) is 1. The van der Waals surface area contributed by atoms with Gasteiger partial charge in [-0.2, -0.15) is 19.9 Å². The lowest BCUT2D eigenvalue weighted by atomic mass is 10.2. The van der Waals surface area contributed by atoms with E-state index in [-0.39, 0.29) is 31.3 Å². The molecule has 1 fully saturated rings. The number of carbonyl (C=O) groups is 1. The molecular weight excluding hydrogens is 615 g/mol. The summed E-state index contributed by atoms with van der Waals surface area (Å²) in [5.74, 6) is -0.596. The zero-order valence-corrected chi connectivity index (χ0v) is 24.7. The van der Waals surface area contributed by atoms with Gasteiger partial charge in [0.1, 0.15) is 30.3 Å². The highest BCUT2D eigenvalue weighted by Gasteiger charge is 2.38. The molecule has 16 nitrogen and oxygen atoms in total. The lowest BCUT2D eigenvalue weighted by Crippen LogP contribution is -2.59. The Morgan fingerprint density at radius 1 is 1.17 bits per heavy atom. The Labute approximate surface area is 242 Å². The van der Waals surface area contributed by atoms with Gasteiger partial charge in [-0.15, -0.1) is 0 Å². The number of nitrogen functional groups attached to an aromatic ring is 1. The molecule has 1 aliphatic heterocycles. The number of nitrogens with two attached hydrogens (primary N) is 1. The van der Waals surface area contributed by atoms with E-state index in [1.807, 2.05) is 6.07 Å². The van der Waals surface area contributed by atoms with Crippen molar-refractivity contribution in [1.82, 2.24) is 14.7 Å². The SMILES string of the molecule is CC(NP(=O)(Oc1ccccc1)OP(O)OP(O)OCC1CN(n2ccc(N)nc2=O)O1)C(=O)OCc1ccccc1. The van der Waals surface area contributed by atoms with E-state index in [2.05, 4.69) is 10.1 Å². The van der Waals surface area contributed by atoms with Crippen molar-refractivity contribution in [1.29, 1.82) is 0 Å². The Bertz CT molecular complexity index is 1420. The molecule has 5 N–H and O–H groups in total. The van der Waals surface area contributed by atoms with Crippen LogP contribution < -0.4 is 26.2 Å². The fourth-order valence-electron chi connectivity index (χ4n) is 3.31. The van der Waals surface area contributed by atoms with Gasteiger partial charge in [-0.3, -0.25) is 4.79 Å². The smallest absolute Gasteiger partial charge is 0.460 e. The summed E-state index contributed by atoms with van der Waals surface area (Å²) in [5, 5.41) is 3.62. The van der Waals surface area contributed by atoms with E-state index in [4.69, 9.17) is 33.0 Å². The van der Waals surface area contributed by atoms with Crippen LogP contribution in [0.2, 0.25) is 0 Å². The highest BCUT2D eigenvalue weighted by molar-refractivity contribution is 7.64. The van der Waals surface area contributed by atoms with Crippen LogP contribution >= 0.6 is 25.0 Å². The van der Waals surface area contributed by atoms with Gasteiger partial charge in [0.05, 0.1) is 13.2 Å². The lowest BCUT2D eigenvalue weighted by Gasteiger charge is -2.39. The first-order chi connectivity index (χ1) is 20.1. The summed E-state index contributed by atoms with van der Waals surface area (Å²) in [6.07, 6.45) is 0.825. The third kappa shape index (κ3) is 9.51. The van der Waals surface area contributed by atoms with Crippen molar-refractivity contribution in [2.75, 3.05) is 24.1 Å². The first kappa shape index (κ1) is 31.9. The van der Waals surface area contributed by atoms with Crippen LogP contribution in [0.3, 0.4) is 0 Å². The van der Waals surface area contributed by atoms with Crippen LogP contribution in [-0.4, -0.2) is 50.7 Å². The number of hydrogen-bond acceptors (Lipinski definition) is 14. The third-order valence-electron chi connectivity index (χ3n) is 5.26. The number of para-hydroxylation sites is 1. The highest BCUT2D eigenvalue weighted by Crippen LogP contribution is 2.60. The number of hydrogen-bond donors (Lipinski definition) is 4. The van der Waals surface area contributed by atoms with Crippen LogP contribution in [0.25, 0.3) is 0 Å². The number of anilines is 1. The maximum atomic E-state index is 13.5. The van der Waals surface area contributed by atoms with Crippen molar-refractivity contribution in [2.45, 2.75) is 25.7 Å². The minimum Gasteiger partial charge on any atom is -0.460 e. The summed E-state index contributed by atoms with van der Waals surface area (Å²) in [6, 6.07) is 17.1. The molecule has 226 valence electrons. The Balaban J connectivity index is 1.27. The molecule has 42 heavy (non-hydrogen) atoms. The molecule has 0 aliphatic carbocycles. The molecule has 1 saturated heterocycles. The first-order valence-corrected chi connectivity index (χ1v) is 16.0. The molecule has 3 aromatic rings. The summed E-state index contributed by atoms with van der Waals surface area (Å²) in [5.41, 5.74) is 5.57. The van der Waals surface area contributed by atoms with Crippen molar-refractivity contribution >= 4 is 36.7 Å². The molecule has 0 saturated carbocycles. The zero-order chi connectivity index (χ0) is 30.1. The number of ether oxygens (including phenoxy) is 1. The van der Waals surface area contributed by atoms with Gasteiger partial charge in [-0.25, -0.2) is 22.8 Å². The fraction of sp³-hybridized carbons (Fsp3) is 0.261. The third-order valence-corrected chi connectivity index (χ3v) is 9.32. The van der Waals surface area contributed by atoms with Gasteiger partial charge in [-0.05, 0) is 30.7 Å². The standard InChI is InChI=1S/C23H28N5O11P3/c1-17(22(29)34-15-18-8-4-2-5-9-18)26-42(33,37-19-10-6-3-7-11-19)39-41(32)38-40(31)35-16-20-14-28(36-20)27-13-12-21(24)25-23(27)30/h2-13,17,20,31-32H,14-16H2,1H3,(H,26,33)(H2,24,25,30). The highest BCUT2D eigenvalue weighted by atomic mass is 31.3. The van der Waals surface area contributed by atoms with Crippen molar-refractivity contribution in [3.05, 3.63) is 89.0 Å². The van der Waals surface area contributed by atoms with E-state index >= 15 is 0 Å². The predicted molar refractivity (Wildman–Crippen MR) is 151 cm³/mol. The molecule has 19 heteroatoms. The van der Waals surface area contributed by atoms with Crippen LogP contribution in [0.15, 0.2) is 77.7 Å². The fourth-order valence-corrected chi connectivity index (χ4v) is 6.74. The molecule has 5 unspecified atom stereocenters. The van der Waals surface area contributed by atoms with E-state index in [9.17, 15) is 23.9 Å². The van der Waals surface area contributed by atoms with Gasteiger partial charge in [0.2, 0.25) is 0 Å². The van der Waals surface area contributed by atoms with E-state index in [0.717, 1.165) is 10.2 Å². The van der Waals surface area contributed by atoms with Gasteiger partial charge in [0.25, 0.3) is 0 Å². The number of carbonyl (C=O) groups excluding carboxylic acids is 1. The Morgan fingerprint density at radius 2 is 1.83 bits per heavy atom.